The molecule has 5 nitrogen and oxygen atoms in total. The van der Waals surface area contributed by atoms with E-state index in [1.54, 1.807) is 13.0 Å². The number of benzene rings is 1. The zero-order valence-corrected chi connectivity index (χ0v) is 17.6. The number of carbonyl (C=O) groups is 1. The van der Waals surface area contributed by atoms with Gasteiger partial charge in [-0.15, -0.1) is 0 Å². The standard InChI is InChI=1S/C19H29FN2O3S2/c1-3-17(19(23)21-13-14-26-15-9-5-4-6-10-15)22(27(2,24)25)18-12-8-7-11-16(18)20/h7-8,11-12,15,17H,3-6,9-10,13-14H2,1-2H3,(H,21,23)/t17-/m0/s1. The van der Waals surface area contributed by atoms with Crippen molar-refractivity contribution < 1.29 is 17.6 Å². The van der Waals surface area contributed by atoms with E-state index in [0.29, 0.717) is 11.8 Å². The molecule has 1 aromatic rings. The Balaban J connectivity index is 2.00. The van der Waals surface area contributed by atoms with E-state index < -0.39 is 27.8 Å². The van der Waals surface area contributed by atoms with Crippen LogP contribution in [0.1, 0.15) is 45.4 Å². The molecule has 1 fully saturated rings. The summed E-state index contributed by atoms with van der Waals surface area (Å²) in [6.45, 7) is 2.20. The molecular formula is C19H29FN2O3S2. The molecule has 1 saturated carbocycles. The Kier molecular flexibility index (Phi) is 8.41. The van der Waals surface area contributed by atoms with Crippen molar-refractivity contribution in [1.82, 2.24) is 5.32 Å². The lowest BCUT2D eigenvalue weighted by Crippen LogP contribution is -2.50. The molecule has 0 radical (unpaired) electrons. The fourth-order valence-corrected chi connectivity index (χ4v) is 5.85. The maximum atomic E-state index is 14.2. The summed E-state index contributed by atoms with van der Waals surface area (Å²) in [5, 5.41) is 3.48. The van der Waals surface area contributed by atoms with Gasteiger partial charge in [0.15, 0.2) is 0 Å². The Morgan fingerprint density at radius 1 is 1.30 bits per heavy atom. The van der Waals surface area contributed by atoms with Crippen LogP contribution < -0.4 is 9.62 Å². The molecule has 1 aromatic carbocycles. The van der Waals surface area contributed by atoms with Gasteiger partial charge in [-0.3, -0.25) is 9.10 Å². The number of hydrogen-bond donors (Lipinski definition) is 1. The van der Waals surface area contributed by atoms with Crippen molar-refractivity contribution >= 4 is 33.4 Å². The third-order valence-corrected chi connectivity index (χ3v) is 7.28. The molecule has 1 aliphatic rings. The van der Waals surface area contributed by atoms with Gasteiger partial charge in [0.1, 0.15) is 11.9 Å². The number of sulfonamides is 1. The minimum absolute atomic E-state index is 0.0985. The van der Waals surface area contributed by atoms with Gasteiger partial charge < -0.3 is 5.32 Å². The normalized spacial score (nSPS) is 16.7. The largest absolute Gasteiger partial charge is 0.353 e. The van der Waals surface area contributed by atoms with E-state index in [2.05, 4.69) is 5.32 Å². The lowest BCUT2D eigenvalue weighted by atomic mass is 10.0. The third-order valence-electron chi connectivity index (χ3n) is 4.73. The summed E-state index contributed by atoms with van der Waals surface area (Å²) in [5.41, 5.74) is -0.0985. The molecule has 0 aromatic heterocycles. The molecule has 1 atom stereocenters. The molecule has 1 aliphatic carbocycles. The monoisotopic (exact) mass is 416 g/mol. The number of nitrogens with zero attached hydrogens (tertiary/aromatic N) is 1. The van der Waals surface area contributed by atoms with Crippen LogP contribution in [0.25, 0.3) is 0 Å². The summed E-state index contributed by atoms with van der Waals surface area (Å²) in [6.07, 6.45) is 7.55. The summed E-state index contributed by atoms with van der Waals surface area (Å²) < 4.78 is 39.7. The van der Waals surface area contributed by atoms with Crippen molar-refractivity contribution in [1.29, 1.82) is 0 Å². The highest BCUT2D eigenvalue weighted by Crippen LogP contribution is 2.28. The average molecular weight is 417 g/mol. The molecule has 0 aliphatic heterocycles. The Labute approximate surface area is 166 Å². The topological polar surface area (TPSA) is 66.5 Å². The average Bonchev–Trinajstić information content (AvgIpc) is 2.64. The quantitative estimate of drug-likeness (QED) is 0.625. The number of carbonyl (C=O) groups excluding carboxylic acids is 1. The summed E-state index contributed by atoms with van der Waals surface area (Å²) in [4.78, 5) is 12.6. The highest BCUT2D eigenvalue weighted by molar-refractivity contribution is 7.99. The zero-order chi connectivity index (χ0) is 19.9. The predicted molar refractivity (Wildman–Crippen MR) is 110 cm³/mol. The number of rotatable bonds is 9. The van der Waals surface area contributed by atoms with Crippen LogP contribution in [0.5, 0.6) is 0 Å². The molecule has 1 amide bonds. The minimum Gasteiger partial charge on any atom is -0.353 e. The maximum absolute atomic E-state index is 14.2. The summed E-state index contributed by atoms with van der Waals surface area (Å²) in [7, 11) is -3.82. The van der Waals surface area contributed by atoms with Crippen molar-refractivity contribution in [3.05, 3.63) is 30.1 Å². The summed E-state index contributed by atoms with van der Waals surface area (Å²) in [5.74, 6) is -0.261. The van der Waals surface area contributed by atoms with Gasteiger partial charge in [0.25, 0.3) is 0 Å². The van der Waals surface area contributed by atoms with Crippen LogP contribution in [0, 0.1) is 5.82 Å². The molecule has 0 bridgehead atoms. The van der Waals surface area contributed by atoms with Crippen LogP contribution in [-0.2, 0) is 14.8 Å². The first-order valence-electron chi connectivity index (χ1n) is 9.47. The van der Waals surface area contributed by atoms with Gasteiger partial charge in [0.05, 0.1) is 11.9 Å². The number of hydrogen-bond acceptors (Lipinski definition) is 4. The zero-order valence-electron chi connectivity index (χ0n) is 16.0. The number of thioether (sulfide) groups is 1. The molecule has 0 saturated heterocycles. The number of anilines is 1. The van der Waals surface area contributed by atoms with E-state index in [-0.39, 0.29) is 12.1 Å². The van der Waals surface area contributed by atoms with Gasteiger partial charge in [0, 0.05) is 17.5 Å². The maximum Gasteiger partial charge on any atom is 0.243 e. The second-order valence-electron chi connectivity index (χ2n) is 6.86. The number of halogens is 1. The van der Waals surface area contributed by atoms with Crippen LogP contribution in [-0.4, -0.2) is 44.2 Å². The molecule has 0 heterocycles. The number of para-hydroxylation sites is 1. The molecule has 0 spiro atoms. The highest BCUT2D eigenvalue weighted by Gasteiger charge is 2.32. The molecule has 8 heteroatoms. The molecule has 27 heavy (non-hydrogen) atoms. The van der Waals surface area contributed by atoms with E-state index >= 15 is 0 Å². The first-order chi connectivity index (χ1) is 12.8. The van der Waals surface area contributed by atoms with Crippen molar-refractivity contribution in [3.63, 3.8) is 0 Å². The van der Waals surface area contributed by atoms with Crippen LogP contribution in [0.4, 0.5) is 10.1 Å². The van der Waals surface area contributed by atoms with Crippen LogP contribution in [0.15, 0.2) is 24.3 Å². The number of amides is 1. The lowest BCUT2D eigenvalue weighted by Gasteiger charge is -2.30. The van der Waals surface area contributed by atoms with Gasteiger partial charge in [-0.1, -0.05) is 38.3 Å². The second kappa shape index (κ2) is 10.3. The Bertz CT molecular complexity index is 721. The molecule has 1 N–H and O–H groups in total. The van der Waals surface area contributed by atoms with Gasteiger partial charge >= 0.3 is 0 Å². The second-order valence-corrected chi connectivity index (χ2v) is 10.1. The predicted octanol–water partition coefficient (Wildman–Crippen LogP) is 3.55. The van der Waals surface area contributed by atoms with Crippen molar-refractivity contribution in [2.24, 2.45) is 0 Å². The van der Waals surface area contributed by atoms with Gasteiger partial charge in [0.2, 0.25) is 15.9 Å². The highest BCUT2D eigenvalue weighted by atomic mass is 32.2. The molecule has 2 rings (SSSR count). The van der Waals surface area contributed by atoms with Gasteiger partial charge in [-0.05, 0) is 31.4 Å². The lowest BCUT2D eigenvalue weighted by molar-refractivity contribution is -0.122. The Morgan fingerprint density at radius 2 is 1.96 bits per heavy atom. The number of nitrogens with one attached hydrogen (secondary N) is 1. The van der Waals surface area contributed by atoms with E-state index in [4.69, 9.17) is 0 Å². The molecule has 0 unspecified atom stereocenters. The van der Waals surface area contributed by atoms with E-state index in [1.807, 2.05) is 11.8 Å². The first-order valence-corrected chi connectivity index (χ1v) is 12.4. The fraction of sp³-hybridized carbons (Fsp3) is 0.632. The van der Waals surface area contributed by atoms with Crippen molar-refractivity contribution in [3.8, 4) is 0 Å². The van der Waals surface area contributed by atoms with Crippen LogP contribution in [0.2, 0.25) is 0 Å². The first kappa shape index (κ1) is 22.0. The summed E-state index contributed by atoms with van der Waals surface area (Å²) >= 11 is 1.86. The minimum atomic E-state index is -3.82. The Morgan fingerprint density at radius 3 is 2.56 bits per heavy atom. The third kappa shape index (κ3) is 6.38. The fourth-order valence-electron chi connectivity index (χ4n) is 3.42. The Hall–Kier alpha value is -1.28. The van der Waals surface area contributed by atoms with E-state index in [0.717, 1.165) is 16.3 Å². The van der Waals surface area contributed by atoms with Gasteiger partial charge in [-0.2, -0.15) is 11.8 Å². The van der Waals surface area contributed by atoms with Gasteiger partial charge in [-0.25, -0.2) is 12.8 Å². The van der Waals surface area contributed by atoms with Crippen LogP contribution >= 0.6 is 11.8 Å². The van der Waals surface area contributed by atoms with E-state index in [1.165, 1.54) is 50.3 Å². The van der Waals surface area contributed by atoms with Crippen molar-refractivity contribution in [2.45, 2.75) is 56.7 Å². The van der Waals surface area contributed by atoms with E-state index in [9.17, 15) is 17.6 Å². The van der Waals surface area contributed by atoms with Crippen LogP contribution in [0.3, 0.4) is 0 Å². The SMILES string of the molecule is CC[C@@H](C(=O)NCCSC1CCCCC1)N(c1ccccc1F)S(C)(=O)=O. The molecule has 152 valence electrons. The molecular weight excluding hydrogens is 387 g/mol. The smallest absolute Gasteiger partial charge is 0.243 e. The summed E-state index contributed by atoms with van der Waals surface area (Å²) in [6, 6.07) is 4.64. The van der Waals surface area contributed by atoms with Crippen molar-refractivity contribution in [2.75, 3.05) is 22.9 Å².